The molecule has 116 valence electrons. The molecule has 0 spiro atoms. The number of hydrogen-bond acceptors (Lipinski definition) is 3. The van der Waals surface area contributed by atoms with Crippen molar-refractivity contribution in [3.63, 3.8) is 0 Å². The highest BCUT2D eigenvalue weighted by molar-refractivity contribution is 9.10. The highest BCUT2D eigenvalue weighted by Gasteiger charge is 2.16. The zero-order chi connectivity index (χ0) is 15.2. The molecule has 2 rings (SSSR count). The summed E-state index contributed by atoms with van der Waals surface area (Å²) in [4.78, 5) is 2.01. The van der Waals surface area contributed by atoms with Crippen molar-refractivity contribution in [2.45, 2.75) is 25.5 Å². The van der Waals surface area contributed by atoms with Gasteiger partial charge in [0.05, 0.1) is 13.2 Å². The lowest BCUT2D eigenvalue weighted by atomic mass is 10.2. The van der Waals surface area contributed by atoms with E-state index < -0.39 is 0 Å². The van der Waals surface area contributed by atoms with E-state index in [0.717, 1.165) is 46.9 Å². The fraction of sp³-hybridized carbons (Fsp3) is 0.533. The standard InChI is InChI=1S/C15H21BrN2O2S/c1-18(15(21)17-9-13-4-3-7-20-13)10-11-8-12(16)5-6-14(11)19-2/h5-6,8,13H,3-4,7,9-10H2,1-2H3,(H,17,21). The summed E-state index contributed by atoms with van der Waals surface area (Å²) in [5, 5.41) is 4.01. The SMILES string of the molecule is COc1ccc(Br)cc1CN(C)C(=S)NCC1CCCO1. The summed E-state index contributed by atoms with van der Waals surface area (Å²) in [5.74, 6) is 0.868. The van der Waals surface area contributed by atoms with E-state index in [0.29, 0.717) is 6.54 Å². The molecule has 1 N–H and O–H groups in total. The number of nitrogens with zero attached hydrogens (tertiary/aromatic N) is 1. The molecule has 4 nitrogen and oxygen atoms in total. The molecule has 0 bridgehead atoms. The second-order valence-corrected chi connectivity index (χ2v) is 6.44. The normalized spacial score (nSPS) is 17.6. The molecule has 0 aliphatic carbocycles. The van der Waals surface area contributed by atoms with Gasteiger partial charge >= 0.3 is 0 Å². The maximum atomic E-state index is 5.59. The van der Waals surface area contributed by atoms with E-state index in [1.54, 1.807) is 7.11 Å². The molecular weight excluding hydrogens is 352 g/mol. The van der Waals surface area contributed by atoms with Gasteiger partial charge in [0.25, 0.3) is 0 Å². The van der Waals surface area contributed by atoms with Crippen LogP contribution in [0.4, 0.5) is 0 Å². The Morgan fingerprint density at radius 3 is 3.05 bits per heavy atom. The summed E-state index contributed by atoms with van der Waals surface area (Å²) in [6.45, 7) is 2.34. The largest absolute Gasteiger partial charge is 0.496 e. The van der Waals surface area contributed by atoms with Gasteiger partial charge in [-0.2, -0.15) is 0 Å². The molecule has 0 amide bonds. The molecule has 1 aromatic rings. The predicted molar refractivity (Wildman–Crippen MR) is 91.7 cm³/mol. The van der Waals surface area contributed by atoms with Crippen molar-refractivity contribution >= 4 is 33.3 Å². The third kappa shape index (κ3) is 4.83. The van der Waals surface area contributed by atoms with E-state index in [9.17, 15) is 0 Å². The van der Waals surface area contributed by atoms with Crippen LogP contribution in [0.5, 0.6) is 5.75 Å². The van der Waals surface area contributed by atoms with Crippen LogP contribution in [0, 0.1) is 0 Å². The Morgan fingerprint density at radius 1 is 1.57 bits per heavy atom. The van der Waals surface area contributed by atoms with Gasteiger partial charge in [-0.1, -0.05) is 15.9 Å². The topological polar surface area (TPSA) is 33.7 Å². The quantitative estimate of drug-likeness (QED) is 0.803. The second-order valence-electron chi connectivity index (χ2n) is 5.13. The molecule has 1 saturated heterocycles. The van der Waals surface area contributed by atoms with Crippen LogP contribution < -0.4 is 10.1 Å². The highest BCUT2D eigenvalue weighted by atomic mass is 79.9. The van der Waals surface area contributed by atoms with Crippen molar-refractivity contribution in [1.82, 2.24) is 10.2 Å². The predicted octanol–water partition coefficient (Wildman–Crippen LogP) is 2.94. The first-order valence-corrected chi connectivity index (χ1v) is 8.23. The summed E-state index contributed by atoms with van der Waals surface area (Å²) in [6, 6.07) is 5.98. The third-order valence-electron chi connectivity index (χ3n) is 3.50. The fourth-order valence-corrected chi connectivity index (χ4v) is 2.90. The van der Waals surface area contributed by atoms with Crippen molar-refractivity contribution in [1.29, 1.82) is 0 Å². The van der Waals surface area contributed by atoms with Gasteiger partial charge in [0.1, 0.15) is 5.75 Å². The van der Waals surface area contributed by atoms with Crippen LogP contribution in [0.1, 0.15) is 18.4 Å². The van der Waals surface area contributed by atoms with E-state index in [-0.39, 0.29) is 6.10 Å². The molecule has 6 heteroatoms. The minimum Gasteiger partial charge on any atom is -0.496 e. The first-order chi connectivity index (χ1) is 10.1. The average Bonchev–Trinajstić information content (AvgIpc) is 2.98. The molecule has 1 aromatic carbocycles. The van der Waals surface area contributed by atoms with Crippen molar-refractivity contribution < 1.29 is 9.47 Å². The Balaban J connectivity index is 1.89. The van der Waals surface area contributed by atoms with Gasteiger partial charge in [-0.05, 0) is 43.3 Å². The molecule has 1 fully saturated rings. The smallest absolute Gasteiger partial charge is 0.169 e. The van der Waals surface area contributed by atoms with Crippen LogP contribution in [0.15, 0.2) is 22.7 Å². The van der Waals surface area contributed by atoms with Crippen molar-refractivity contribution in [3.05, 3.63) is 28.2 Å². The number of nitrogens with one attached hydrogen (secondary N) is 1. The van der Waals surface area contributed by atoms with Crippen molar-refractivity contribution in [2.75, 3.05) is 27.3 Å². The van der Waals surface area contributed by atoms with Crippen LogP contribution in [0.25, 0.3) is 0 Å². The van der Waals surface area contributed by atoms with Crippen LogP contribution in [0.3, 0.4) is 0 Å². The minimum atomic E-state index is 0.289. The van der Waals surface area contributed by atoms with E-state index in [4.69, 9.17) is 21.7 Å². The molecule has 0 radical (unpaired) electrons. The van der Waals surface area contributed by atoms with E-state index >= 15 is 0 Å². The lowest BCUT2D eigenvalue weighted by Crippen LogP contribution is -2.40. The van der Waals surface area contributed by atoms with Crippen molar-refractivity contribution in [3.8, 4) is 5.75 Å². The molecule has 1 atom stereocenters. The lowest BCUT2D eigenvalue weighted by Gasteiger charge is -2.23. The third-order valence-corrected chi connectivity index (χ3v) is 4.45. The maximum absolute atomic E-state index is 5.59. The second kappa shape index (κ2) is 7.96. The molecule has 1 heterocycles. The fourth-order valence-electron chi connectivity index (χ4n) is 2.34. The number of thiocarbonyl (C=S) groups is 1. The summed E-state index contributed by atoms with van der Waals surface area (Å²) in [5.41, 5.74) is 1.09. The summed E-state index contributed by atoms with van der Waals surface area (Å²) >= 11 is 8.92. The maximum Gasteiger partial charge on any atom is 0.169 e. The van der Waals surface area contributed by atoms with Gasteiger partial charge in [-0.3, -0.25) is 0 Å². The molecule has 1 aliphatic heterocycles. The Hall–Kier alpha value is -0.850. The Labute approximate surface area is 139 Å². The first kappa shape index (κ1) is 16.5. The van der Waals surface area contributed by atoms with Crippen LogP contribution in [-0.4, -0.2) is 43.4 Å². The zero-order valence-corrected chi connectivity index (χ0v) is 14.8. The van der Waals surface area contributed by atoms with E-state index in [1.807, 2.05) is 24.1 Å². The molecule has 0 saturated carbocycles. The number of rotatable bonds is 5. The molecule has 1 aliphatic rings. The molecular formula is C15H21BrN2O2S. The lowest BCUT2D eigenvalue weighted by molar-refractivity contribution is 0.113. The van der Waals surface area contributed by atoms with E-state index in [2.05, 4.69) is 27.3 Å². The van der Waals surface area contributed by atoms with Crippen LogP contribution in [0.2, 0.25) is 0 Å². The number of benzene rings is 1. The summed E-state index contributed by atoms with van der Waals surface area (Å²) in [7, 11) is 3.66. The van der Waals surface area contributed by atoms with E-state index in [1.165, 1.54) is 0 Å². The van der Waals surface area contributed by atoms with Gasteiger partial charge in [0.15, 0.2) is 5.11 Å². The van der Waals surface area contributed by atoms with Gasteiger partial charge in [0.2, 0.25) is 0 Å². The molecule has 0 aromatic heterocycles. The highest BCUT2D eigenvalue weighted by Crippen LogP contribution is 2.24. The Kier molecular flexibility index (Phi) is 6.26. The zero-order valence-electron chi connectivity index (χ0n) is 12.4. The Bertz CT molecular complexity index is 493. The summed E-state index contributed by atoms with van der Waals surface area (Å²) < 4.78 is 12.0. The number of methoxy groups -OCH3 is 1. The monoisotopic (exact) mass is 372 g/mol. The number of hydrogen-bond donors (Lipinski definition) is 1. The molecule has 21 heavy (non-hydrogen) atoms. The van der Waals surface area contributed by atoms with Crippen molar-refractivity contribution in [2.24, 2.45) is 0 Å². The minimum absolute atomic E-state index is 0.289. The number of ether oxygens (including phenoxy) is 2. The van der Waals surface area contributed by atoms with Crippen LogP contribution >= 0.6 is 28.1 Å². The van der Waals surface area contributed by atoms with Crippen LogP contribution in [-0.2, 0) is 11.3 Å². The molecule has 1 unspecified atom stereocenters. The van der Waals surface area contributed by atoms with Gasteiger partial charge in [-0.15, -0.1) is 0 Å². The van der Waals surface area contributed by atoms with Gasteiger partial charge in [-0.25, -0.2) is 0 Å². The van der Waals surface area contributed by atoms with Gasteiger partial charge in [0, 0.05) is 36.8 Å². The number of halogens is 1. The average molecular weight is 373 g/mol. The summed E-state index contributed by atoms with van der Waals surface area (Å²) in [6.07, 6.45) is 2.54. The first-order valence-electron chi connectivity index (χ1n) is 7.03. The van der Waals surface area contributed by atoms with Gasteiger partial charge < -0.3 is 19.7 Å². The Morgan fingerprint density at radius 2 is 2.38 bits per heavy atom.